The Labute approximate surface area is 256 Å². The molecule has 0 heterocycles. The van der Waals surface area contributed by atoms with Crippen molar-refractivity contribution in [2.45, 2.75) is 18.8 Å². The average molecular weight is 648 g/mol. The highest BCUT2D eigenvalue weighted by Gasteiger charge is 2.24. The van der Waals surface area contributed by atoms with Gasteiger partial charge in [0.05, 0.1) is 29.2 Å². The summed E-state index contributed by atoms with van der Waals surface area (Å²) >= 11 is 29.9. The molecule has 0 radical (unpaired) electrons. The van der Waals surface area contributed by atoms with Crippen LogP contribution in [0, 0.1) is 10.1 Å². The van der Waals surface area contributed by atoms with Gasteiger partial charge in [-0.05, 0) is 42.0 Å². The van der Waals surface area contributed by atoms with Gasteiger partial charge in [-0.2, -0.15) is 0 Å². The summed E-state index contributed by atoms with van der Waals surface area (Å²) in [5.41, 5.74) is 1.00. The van der Waals surface area contributed by atoms with Gasteiger partial charge in [-0.15, -0.1) is 0 Å². The van der Waals surface area contributed by atoms with Crippen LogP contribution in [0.1, 0.15) is 34.7 Å². The monoisotopic (exact) mass is 645 g/mol. The maximum absolute atomic E-state index is 12.9. The molecule has 0 saturated heterocycles. The van der Waals surface area contributed by atoms with E-state index in [0.717, 1.165) is 0 Å². The molecule has 0 aliphatic carbocycles. The highest BCUT2D eigenvalue weighted by Crippen LogP contribution is 2.37. The number of benzene rings is 3. The molecule has 1 atom stereocenters. The maximum atomic E-state index is 12.9. The topological polar surface area (TPSA) is 87.9 Å². The minimum atomic E-state index is -0.634. The van der Waals surface area contributed by atoms with Gasteiger partial charge in [0.15, 0.2) is 11.5 Å². The Kier molecular flexibility index (Phi) is 12.7. The van der Waals surface area contributed by atoms with E-state index in [1.54, 1.807) is 60.7 Å². The van der Waals surface area contributed by atoms with Gasteiger partial charge >= 0.3 is 0 Å². The van der Waals surface area contributed by atoms with Gasteiger partial charge in [0.1, 0.15) is 22.6 Å². The van der Waals surface area contributed by atoms with Crippen molar-refractivity contribution >= 4 is 63.8 Å². The first-order valence-electron chi connectivity index (χ1n) is 12.0. The number of hydrogen-bond acceptors (Lipinski definition) is 6. The van der Waals surface area contributed by atoms with E-state index in [1.165, 1.54) is 6.08 Å². The minimum Gasteiger partial charge on any atom is -0.493 e. The standard InChI is InChI=1S/C28H24Cl5NO6/c29-23-5-2-1-4-22(23)19(17-34(36)37)14-26(35)18-6-8-20(9-7-18)38-11-3-12-40-28-24(30)15-21(16-25(28)31)39-13-10-27(32)33/h1-2,4-10,15-16,19H,3,11-14,17H2. The van der Waals surface area contributed by atoms with Crippen molar-refractivity contribution in [1.82, 2.24) is 0 Å². The van der Waals surface area contributed by atoms with Gasteiger partial charge in [0, 0.05) is 40.5 Å². The second-order valence-corrected chi connectivity index (χ2v) is 10.7. The van der Waals surface area contributed by atoms with Crippen LogP contribution in [-0.2, 0) is 0 Å². The van der Waals surface area contributed by atoms with Gasteiger partial charge in [0.25, 0.3) is 0 Å². The molecule has 12 heteroatoms. The fraction of sp³-hybridized carbons (Fsp3) is 0.250. The first-order valence-corrected chi connectivity index (χ1v) is 13.9. The highest BCUT2D eigenvalue weighted by atomic mass is 35.5. The van der Waals surface area contributed by atoms with Crippen LogP contribution in [0.2, 0.25) is 15.1 Å². The Bertz CT molecular complexity index is 1320. The summed E-state index contributed by atoms with van der Waals surface area (Å²) < 4.78 is 17.0. The molecule has 0 aliphatic heterocycles. The first kappa shape index (κ1) is 31.8. The van der Waals surface area contributed by atoms with Crippen molar-refractivity contribution in [2.75, 3.05) is 26.4 Å². The predicted octanol–water partition coefficient (Wildman–Crippen LogP) is 8.83. The van der Waals surface area contributed by atoms with E-state index in [-0.39, 0.29) is 23.3 Å². The largest absolute Gasteiger partial charge is 0.493 e. The third-order valence-electron chi connectivity index (χ3n) is 5.59. The summed E-state index contributed by atoms with van der Waals surface area (Å²) in [7, 11) is 0. The third-order valence-corrected chi connectivity index (χ3v) is 6.80. The summed E-state index contributed by atoms with van der Waals surface area (Å²) in [6, 6.07) is 16.6. The number of rotatable bonds is 15. The van der Waals surface area contributed by atoms with E-state index < -0.39 is 17.4 Å². The number of ketones is 1. The highest BCUT2D eigenvalue weighted by molar-refractivity contribution is 6.55. The lowest BCUT2D eigenvalue weighted by Gasteiger charge is -2.14. The molecule has 212 valence electrons. The number of carbonyl (C=O) groups excluding carboxylic acids is 1. The molecule has 0 spiro atoms. The van der Waals surface area contributed by atoms with Gasteiger partial charge in [-0.1, -0.05) is 76.2 Å². The molecule has 3 aromatic carbocycles. The van der Waals surface area contributed by atoms with E-state index in [1.807, 2.05) is 0 Å². The average Bonchev–Trinajstić information content (AvgIpc) is 2.89. The van der Waals surface area contributed by atoms with Crippen LogP contribution in [-0.4, -0.2) is 37.1 Å². The molecular weight excluding hydrogens is 624 g/mol. The Morgan fingerprint density at radius 1 is 0.875 bits per heavy atom. The van der Waals surface area contributed by atoms with Crippen LogP contribution >= 0.6 is 58.0 Å². The van der Waals surface area contributed by atoms with E-state index in [9.17, 15) is 14.9 Å². The summed E-state index contributed by atoms with van der Waals surface area (Å²) in [4.78, 5) is 23.6. The van der Waals surface area contributed by atoms with E-state index in [0.29, 0.717) is 63.1 Å². The van der Waals surface area contributed by atoms with Gasteiger partial charge < -0.3 is 14.2 Å². The first-order chi connectivity index (χ1) is 19.1. The van der Waals surface area contributed by atoms with E-state index >= 15 is 0 Å². The Morgan fingerprint density at radius 2 is 1.52 bits per heavy atom. The second-order valence-electron chi connectivity index (χ2n) is 8.46. The predicted molar refractivity (Wildman–Crippen MR) is 159 cm³/mol. The molecule has 40 heavy (non-hydrogen) atoms. The van der Waals surface area contributed by atoms with Crippen molar-refractivity contribution in [1.29, 1.82) is 0 Å². The molecule has 0 N–H and O–H groups in total. The number of nitro groups is 1. The molecule has 0 aromatic heterocycles. The molecule has 0 bridgehead atoms. The molecule has 1 unspecified atom stereocenters. The number of ether oxygens (including phenoxy) is 3. The zero-order valence-corrected chi connectivity index (χ0v) is 24.7. The molecule has 0 fully saturated rings. The van der Waals surface area contributed by atoms with E-state index in [4.69, 9.17) is 72.2 Å². The van der Waals surface area contributed by atoms with Gasteiger partial charge in [0.2, 0.25) is 6.54 Å². The summed E-state index contributed by atoms with van der Waals surface area (Å²) in [6.07, 6.45) is 1.97. The van der Waals surface area contributed by atoms with Crippen molar-refractivity contribution in [2.24, 2.45) is 0 Å². The van der Waals surface area contributed by atoms with Crippen LogP contribution in [0.3, 0.4) is 0 Å². The normalized spacial score (nSPS) is 11.4. The SMILES string of the molecule is O=C(CC(C[N+](=O)[O-])c1ccccc1Cl)c1ccc(OCCCOc2c(Cl)cc(OCC=C(Cl)Cl)cc2Cl)cc1. The number of Topliss-reactive ketones (excluding diaryl/α,β-unsaturated/α-hetero) is 1. The van der Waals surface area contributed by atoms with E-state index in [2.05, 4.69) is 0 Å². The van der Waals surface area contributed by atoms with Gasteiger partial charge in [-0.25, -0.2) is 0 Å². The Balaban J connectivity index is 1.47. The molecule has 0 saturated carbocycles. The van der Waals surface area contributed by atoms with Gasteiger partial charge in [-0.3, -0.25) is 14.9 Å². The number of nitrogens with zero attached hydrogens (tertiary/aromatic N) is 1. The van der Waals surface area contributed by atoms with Crippen molar-refractivity contribution < 1.29 is 23.9 Å². The zero-order chi connectivity index (χ0) is 29.1. The summed E-state index contributed by atoms with van der Waals surface area (Å²) in [6.45, 7) is 0.397. The fourth-order valence-corrected chi connectivity index (χ4v) is 4.71. The molecule has 0 amide bonds. The molecule has 3 aromatic rings. The van der Waals surface area contributed by atoms with Crippen molar-refractivity contribution in [3.8, 4) is 17.2 Å². The molecule has 0 aliphatic rings. The quantitative estimate of drug-likeness (QED) is 0.0709. The Hall–Kier alpha value is -2.68. The van der Waals surface area contributed by atoms with Crippen molar-refractivity contribution in [3.63, 3.8) is 0 Å². The van der Waals surface area contributed by atoms with Crippen LogP contribution in [0.5, 0.6) is 17.2 Å². The zero-order valence-electron chi connectivity index (χ0n) is 21.0. The smallest absolute Gasteiger partial charge is 0.211 e. The summed E-state index contributed by atoms with van der Waals surface area (Å²) in [5, 5.41) is 12.2. The van der Waals surface area contributed by atoms with Crippen LogP contribution in [0.4, 0.5) is 0 Å². The van der Waals surface area contributed by atoms with Crippen LogP contribution in [0.25, 0.3) is 0 Å². The Morgan fingerprint density at radius 3 is 2.15 bits per heavy atom. The minimum absolute atomic E-state index is 0.0424. The maximum Gasteiger partial charge on any atom is 0.211 e. The molecule has 3 rings (SSSR count). The number of carbonyl (C=O) groups is 1. The van der Waals surface area contributed by atoms with Crippen molar-refractivity contribution in [3.05, 3.63) is 108 Å². The lowest BCUT2D eigenvalue weighted by atomic mass is 9.91. The number of halogens is 5. The lowest BCUT2D eigenvalue weighted by molar-refractivity contribution is -0.483. The number of hydrogen-bond donors (Lipinski definition) is 0. The second kappa shape index (κ2) is 15.9. The third kappa shape index (κ3) is 10.1. The molecular formula is C28H24Cl5NO6. The lowest BCUT2D eigenvalue weighted by Crippen LogP contribution is -2.17. The molecule has 7 nitrogen and oxygen atoms in total. The van der Waals surface area contributed by atoms with Crippen LogP contribution in [0.15, 0.2) is 71.2 Å². The van der Waals surface area contributed by atoms with Crippen LogP contribution < -0.4 is 14.2 Å². The fourth-order valence-electron chi connectivity index (χ4n) is 3.72. The summed E-state index contributed by atoms with van der Waals surface area (Å²) in [5.74, 6) is 0.474.